The molecule has 7 heteroatoms. The van der Waals surface area contributed by atoms with Gasteiger partial charge in [0.1, 0.15) is 6.04 Å². The third-order valence-electron chi connectivity index (χ3n) is 3.77. The van der Waals surface area contributed by atoms with E-state index in [4.69, 9.17) is 19.5 Å². The van der Waals surface area contributed by atoms with Crippen molar-refractivity contribution in [2.24, 2.45) is 5.73 Å². The molecule has 0 bridgehead atoms. The van der Waals surface area contributed by atoms with Gasteiger partial charge in [-0.2, -0.15) is 0 Å². The molecule has 0 fully saturated rings. The van der Waals surface area contributed by atoms with E-state index < -0.39 is 31.2 Å². The standard InChI is InChI=1S/C17H28NO5P/c1-5-21-17(19)16(18)15(14-11-9-8-10-12-14)13(4)24(20,22-6-2)23-7-3/h8-13,15-16H,5-7,18H2,1-4H3/t13-,15+,16+/m1/s1. The maximum atomic E-state index is 13.2. The van der Waals surface area contributed by atoms with Crippen LogP contribution in [0.2, 0.25) is 0 Å². The van der Waals surface area contributed by atoms with Crippen molar-refractivity contribution in [2.75, 3.05) is 19.8 Å². The highest BCUT2D eigenvalue weighted by Gasteiger charge is 2.43. The van der Waals surface area contributed by atoms with E-state index in [1.54, 1.807) is 27.7 Å². The first-order valence-electron chi connectivity index (χ1n) is 8.27. The largest absolute Gasteiger partial charge is 0.465 e. The summed E-state index contributed by atoms with van der Waals surface area (Å²) in [5.74, 6) is -1.08. The Morgan fingerprint density at radius 2 is 1.62 bits per heavy atom. The number of ether oxygens (including phenoxy) is 1. The van der Waals surface area contributed by atoms with Crippen LogP contribution in [0.25, 0.3) is 0 Å². The van der Waals surface area contributed by atoms with Crippen LogP contribution >= 0.6 is 7.60 Å². The normalized spacial score (nSPS) is 15.5. The maximum absolute atomic E-state index is 13.2. The van der Waals surface area contributed by atoms with E-state index in [2.05, 4.69) is 0 Å². The molecule has 1 rings (SSSR count). The molecule has 0 aliphatic rings. The monoisotopic (exact) mass is 357 g/mol. The summed E-state index contributed by atoms with van der Waals surface area (Å²) in [5, 5.41) is 0. The van der Waals surface area contributed by atoms with E-state index in [-0.39, 0.29) is 19.8 Å². The molecule has 0 heterocycles. The van der Waals surface area contributed by atoms with Gasteiger partial charge in [-0.25, -0.2) is 0 Å². The van der Waals surface area contributed by atoms with E-state index in [0.717, 1.165) is 5.56 Å². The van der Waals surface area contributed by atoms with Crippen LogP contribution in [0.15, 0.2) is 30.3 Å². The summed E-state index contributed by atoms with van der Waals surface area (Å²) in [4.78, 5) is 12.2. The Morgan fingerprint density at radius 1 is 1.08 bits per heavy atom. The van der Waals surface area contributed by atoms with Crippen molar-refractivity contribution >= 4 is 13.6 Å². The average Bonchev–Trinajstić information content (AvgIpc) is 2.56. The highest BCUT2D eigenvalue weighted by atomic mass is 31.2. The Labute approximate surface area is 144 Å². The highest BCUT2D eigenvalue weighted by Crippen LogP contribution is 2.57. The van der Waals surface area contributed by atoms with Crippen LogP contribution in [-0.2, 0) is 23.1 Å². The van der Waals surface area contributed by atoms with E-state index >= 15 is 0 Å². The van der Waals surface area contributed by atoms with Gasteiger partial charge in [0.05, 0.1) is 25.5 Å². The van der Waals surface area contributed by atoms with Gasteiger partial charge in [-0.15, -0.1) is 0 Å². The summed E-state index contributed by atoms with van der Waals surface area (Å²) in [5.41, 5.74) is 6.36. The highest BCUT2D eigenvalue weighted by molar-refractivity contribution is 7.54. The predicted molar refractivity (Wildman–Crippen MR) is 94.1 cm³/mol. The van der Waals surface area contributed by atoms with Crippen LogP contribution in [-0.4, -0.2) is 37.5 Å². The second-order valence-corrected chi connectivity index (χ2v) is 7.74. The van der Waals surface area contributed by atoms with E-state index in [0.29, 0.717) is 0 Å². The van der Waals surface area contributed by atoms with E-state index in [1.165, 1.54) is 0 Å². The third kappa shape index (κ3) is 5.15. The van der Waals surface area contributed by atoms with Crippen molar-refractivity contribution in [1.29, 1.82) is 0 Å². The summed E-state index contributed by atoms with van der Waals surface area (Å²) in [6.07, 6.45) is 0. The molecule has 136 valence electrons. The number of hydrogen-bond donors (Lipinski definition) is 1. The van der Waals surface area contributed by atoms with Gasteiger partial charge >= 0.3 is 13.6 Å². The van der Waals surface area contributed by atoms with Crippen molar-refractivity contribution in [2.45, 2.75) is 45.3 Å². The molecule has 0 aliphatic carbocycles. The summed E-state index contributed by atoms with van der Waals surface area (Å²) in [6, 6.07) is 8.30. The number of nitrogens with two attached hydrogens (primary N) is 1. The first kappa shape index (κ1) is 20.8. The molecule has 0 saturated carbocycles. The van der Waals surface area contributed by atoms with Crippen molar-refractivity contribution in [3.8, 4) is 0 Å². The van der Waals surface area contributed by atoms with Crippen LogP contribution in [0.1, 0.15) is 39.2 Å². The van der Waals surface area contributed by atoms with Gasteiger partial charge < -0.3 is 19.5 Å². The molecule has 0 saturated heterocycles. The SMILES string of the molecule is CCOC(=O)[C@@H](N)[C@H](c1ccccc1)[C@@H](C)P(=O)(OCC)OCC. The summed E-state index contributed by atoms with van der Waals surface area (Å²) < 4.78 is 29.1. The minimum Gasteiger partial charge on any atom is -0.465 e. The van der Waals surface area contributed by atoms with Gasteiger partial charge in [0, 0.05) is 5.92 Å². The fraction of sp³-hybridized carbons (Fsp3) is 0.588. The van der Waals surface area contributed by atoms with E-state index in [1.807, 2.05) is 30.3 Å². The number of carbonyl (C=O) groups is 1. The Balaban J connectivity index is 3.25. The van der Waals surface area contributed by atoms with Crippen molar-refractivity contribution in [3.05, 3.63) is 35.9 Å². The minimum atomic E-state index is -3.43. The zero-order chi connectivity index (χ0) is 18.2. The smallest absolute Gasteiger partial charge is 0.334 e. The molecule has 0 aromatic heterocycles. The molecule has 3 atom stereocenters. The number of esters is 1. The lowest BCUT2D eigenvalue weighted by atomic mass is 9.89. The zero-order valence-electron chi connectivity index (χ0n) is 14.8. The fourth-order valence-corrected chi connectivity index (χ4v) is 4.69. The summed E-state index contributed by atoms with van der Waals surface area (Å²) >= 11 is 0. The van der Waals surface area contributed by atoms with Gasteiger partial charge in [-0.05, 0) is 26.3 Å². The molecule has 6 nitrogen and oxygen atoms in total. The Bertz CT molecular complexity index is 541. The molecule has 0 amide bonds. The first-order chi connectivity index (χ1) is 11.4. The van der Waals surface area contributed by atoms with Crippen molar-refractivity contribution < 1.29 is 23.1 Å². The maximum Gasteiger partial charge on any atom is 0.334 e. The lowest BCUT2D eigenvalue weighted by Crippen LogP contribution is -2.42. The molecular weight excluding hydrogens is 329 g/mol. The molecule has 0 radical (unpaired) electrons. The van der Waals surface area contributed by atoms with Crippen LogP contribution < -0.4 is 5.73 Å². The average molecular weight is 357 g/mol. The van der Waals surface area contributed by atoms with Gasteiger partial charge in [-0.3, -0.25) is 9.36 Å². The molecule has 0 unspecified atom stereocenters. The molecule has 24 heavy (non-hydrogen) atoms. The summed E-state index contributed by atoms with van der Waals surface area (Å²) in [7, 11) is -3.43. The van der Waals surface area contributed by atoms with Crippen LogP contribution in [0.3, 0.4) is 0 Å². The van der Waals surface area contributed by atoms with Crippen LogP contribution in [0.4, 0.5) is 0 Å². The quantitative estimate of drug-likeness (QED) is 0.510. The lowest BCUT2D eigenvalue weighted by molar-refractivity contribution is -0.145. The number of hydrogen-bond acceptors (Lipinski definition) is 6. The fourth-order valence-electron chi connectivity index (χ4n) is 2.68. The molecule has 1 aromatic carbocycles. The number of rotatable bonds is 10. The Morgan fingerprint density at radius 3 is 2.08 bits per heavy atom. The Kier molecular flexibility index (Phi) is 8.63. The topological polar surface area (TPSA) is 87.9 Å². The predicted octanol–water partition coefficient (Wildman–Crippen LogP) is 3.32. The molecule has 0 aliphatic heterocycles. The first-order valence-corrected chi connectivity index (χ1v) is 9.88. The molecule has 2 N–H and O–H groups in total. The van der Waals surface area contributed by atoms with Crippen molar-refractivity contribution in [3.63, 3.8) is 0 Å². The van der Waals surface area contributed by atoms with Gasteiger partial charge in [0.15, 0.2) is 0 Å². The van der Waals surface area contributed by atoms with Crippen LogP contribution in [0.5, 0.6) is 0 Å². The van der Waals surface area contributed by atoms with Gasteiger partial charge in [0.25, 0.3) is 0 Å². The molecule has 1 aromatic rings. The second-order valence-electron chi connectivity index (χ2n) is 5.33. The van der Waals surface area contributed by atoms with Crippen molar-refractivity contribution in [1.82, 2.24) is 0 Å². The van der Waals surface area contributed by atoms with Gasteiger partial charge in [-0.1, -0.05) is 37.3 Å². The van der Waals surface area contributed by atoms with E-state index in [9.17, 15) is 9.36 Å². The third-order valence-corrected chi connectivity index (χ3v) is 6.32. The van der Waals surface area contributed by atoms with Gasteiger partial charge in [0.2, 0.25) is 0 Å². The number of benzene rings is 1. The molecule has 0 spiro atoms. The Hall–Kier alpha value is -1.20. The summed E-state index contributed by atoms with van der Waals surface area (Å²) in [6.45, 7) is 7.69. The lowest BCUT2D eigenvalue weighted by Gasteiger charge is -2.32. The molecular formula is C17H28NO5P. The zero-order valence-corrected chi connectivity index (χ0v) is 15.7. The second kappa shape index (κ2) is 9.94. The number of carbonyl (C=O) groups excluding carboxylic acids is 1. The minimum absolute atomic E-state index is 0.233. The van der Waals surface area contributed by atoms with Crippen LogP contribution in [0, 0.1) is 0 Å².